The van der Waals surface area contributed by atoms with E-state index < -0.39 is 0 Å². The molecule has 58 valence electrons. The number of aryl methyl sites for hydroxylation is 1. The van der Waals surface area contributed by atoms with Gasteiger partial charge < -0.3 is 9.26 Å². The third-order valence-corrected chi connectivity index (χ3v) is 0.907. The van der Waals surface area contributed by atoms with Crippen molar-refractivity contribution in [3.63, 3.8) is 0 Å². The van der Waals surface area contributed by atoms with E-state index in [4.69, 9.17) is 10.8 Å². The number of ether oxygens (including phenoxy) is 1. The van der Waals surface area contributed by atoms with Gasteiger partial charge in [0.15, 0.2) is 6.40 Å². The van der Waals surface area contributed by atoms with E-state index >= 15 is 0 Å². The fraction of sp³-hybridized carbons (Fsp3) is 0.200. The number of hydrogen-bond acceptors (Lipinski definition) is 6. The van der Waals surface area contributed by atoms with Gasteiger partial charge in [-0.15, -0.1) is 0 Å². The van der Waals surface area contributed by atoms with E-state index in [9.17, 15) is 0 Å². The van der Waals surface area contributed by atoms with Gasteiger partial charge in [-0.2, -0.15) is 4.98 Å². The van der Waals surface area contributed by atoms with Crippen molar-refractivity contribution in [3.8, 4) is 0 Å². The molecule has 0 aromatic carbocycles. The Balaban J connectivity index is 2.76. The van der Waals surface area contributed by atoms with Gasteiger partial charge in [-0.1, -0.05) is 5.16 Å². The normalized spacial score (nSPS) is 9.18. The van der Waals surface area contributed by atoms with E-state index in [-0.39, 0.29) is 11.7 Å². The first-order chi connectivity index (χ1) is 5.24. The molecule has 1 rings (SSSR count). The summed E-state index contributed by atoms with van der Waals surface area (Å²) in [5.74, 6) is 0.112. The Hall–Kier alpha value is -1.72. The largest absolute Gasteiger partial charge is 0.425 e. The summed E-state index contributed by atoms with van der Waals surface area (Å²) < 4.78 is 8.96. The second kappa shape index (κ2) is 2.91. The standard InChI is InChI=1S/C5H6N4O2/c1-3-8-5(9-11-3)4(7)10-2-6/h2,6-7H,1H3. The molecule has 1 aromatic rings. The maximum atomic E-state index is 7.08. The van der Waals surface area contributed by atoms with E-state index in [1.807, 2.05) is 0 Å². The lowest BCUT2D eigenvalue weighted by Crippen LogP contribution is -2.05. The molecule has 0 atom stereocenters. The Morgan fingerprint density at radius 3 is 2.91 bits per heavy atom. The predicted molar refractivity (Wildman–Crippen MR) is 35.7 cm³/mol. The molecule has 0 saturated carbocycles. The van der Waals surface area contributed by atoms with Crippen molar-refractivity contribution in [1.29, 1.82) is 10.8 Å². The Bertz CT molecular complexity index is 280. The summed E-state index contributed by atoms with van der Waals surface area (Å²) in [7, 11) is 0. The molecule has 0 radical (unpaired) electrons. The van der Waals surface area contributed by atoms with Gasteiger partial charge in [-0.3, -0.25) is 10.8 Å². The zero-order valence-corrected chi connectivity index (χ0v) is 5.79. The van der Waals surface area contributed by atoms with Crippen molar-refractivity contribution in [2.24, 2.45) is 0 Å². The summed E-state index contributed by atoms with van der Waals surface area (Å²) in [5.41, 5.74) is 0. The van der Waals surface area contributed by atoms with Crippen LogP contribution in [-0.2, 0) is 4.74 Å². The van der Waals surface area contributed by atoms with E-state index in [0.29, 0.717) is 12.3 Å². The molecule has 0 unspecified atom stereocenters. The number of rotatable bonds is 2. The molecular weight excluding hydrogens is 148 g/mol. The highest BCUT2D eigenvalue weighted by Crippen LogP contribution is 1.95. The van der Waals surface area contributed by atoms with Crippen LogP contribution in [0.3, 0.4) is 0 Å². The third kappa shape index (κ3) is 1.60. The fourth-order valence-electron chi connectivity index (χ4n) is 0.503. The first-order valence-electron chi connectivity index (χ1n) is 2.79. The van der Waals surface area contributed by atoms with Gasteiger partial charge in [-0.25, -0.2) is 0 Å². The predicted octanol–water partition coefficient (Wildman–Crippen LogP) is 0.327. The first kappa shape index (κ1) is 7.39. The number of nitrogens with one attached hydrogen (secondary N) is 2. The smallest absolute Gasteiger partial charge is 0.262 e. The first-order valence-corrected chi connectivity index (χ1v) is 2.79. The van der Waals surface area contributed by atoms with Crippen molar-refractivity contribution >= 4 is 12.3 Å². The van der Waals surface area contributed by atoms with Gasteiger partial charge in [0, 0.05) is 6.92 Å². The van der Waals surface area contributed by atoms with Crippen LogP contribution < -0.4 is 0 Å². The van der Waals surface area contributed by atoms with Gasteiger partial charge in [0.1, 0.15) is 0 Å². The molecule has 6 nitrogen and oxygen atoms in total. The molecule has 0 spiro atoms. The molecule has 11 heavy (non-hydrogen) atoms. The molecule has 1 heterocycles. The van der Waals surface area contributed by atoms with E-state index in [1.165, 1.54) is 0 Å². The van der Waals surface area contributed by atoms with E-state index in [1.54, 1.807) is 6.92 Å². The van der Waals surface area contributed by atoms with Crippen LogP contribution in [0.4, 0.5) is 0 Å². The Labute approximate surface area is 62.2 Å². The van der Waals surface area contributed by atoms with Crippen LogP contribution in [0.1, 0.15) is 11.7 Å². The van der Waals surface area contributed by atoms with Crippen LogP contribution in [0, 0.1) is 17.7 Å². The topological polar surface area (TPSA) is 95.8 Å². The molecule has 0 aliphatic heterocycles. The Morgan fingerprint density at radius 2 is 2.45 bits per heavy atom. The molecule has 1 aromatic heterocycles. The molecule has 0 amide bonds. The summed E-state index contributed by atoms with van der Waals surface area (Å²) in [5, 5.41) is 17.0. The summed E-state index contributed by atoms with van der Waals surface area (Å²) in [6.07, 6.45) is 0.633. The fourth-order valence-corrected chi connectivity index (χ4v) is 0.503. The minimum absolute atomic E-state index is 0.0472. The van der Waals surface area contributed by atoms with Crippen molar-refractivity contribution < 1.29 is 9.26 Å². The lowest BCUT2D eigenvalue weighted by molar-refractivity contribution is 0.389. The average Bonchev–Trinajstić information content (AvgIpc) is 2.36. The molecule has 6 heteroatoms. The monoisotopic (exact) mass is 154 g/mol. The van der Waals surface area contributed by atoms with Crippen molar-refractivity contribution in [2.75, 3.05) is 0 Å². The molecule has 2 N–H and O–H groups in total. The van der Waals surface area contributed by atoms with Gasteiger partial charge in [0.05, 0.1) is 0 Å². The second-order valence-electron chi connectivity index (χ2n) is 1.70. The number of aromatic nitrogens is 2. The molecule has 0 fully saturated rings. The Morgan fingerprint density at radius 1 is 1.73 bits per heavy atom. The van der Waals surface area contributed by atoms with Crippen LogP contribution in [-0.4, -0.2) is 22.4 Å². The minimum Gasteiger partial charge on any atom is -0.425 e. The lowest BCUT2D eigenvalue weighted by Gasteiger charge is -1.91. The van der Waals surface area contributed by atoms with Crippen molar-refractivity contribution in [1.82, 2.24) is 10.1 Å². The van der Waals surface area contributed by atoms with Crippen LogP contribution in [0.25, 0.3) is 0 Å². The molecular formula is C5H6N4O2. The molecule has 0 aliphatic carbocycles. The van der Waals surface area contributed by atoms with Crippen molar-refractivity contribution in [2.45, 2.75) is 6.92 Å². The maximum Gasteiger partial charge on any atom is 0.262 e. The molecule has 0 bridgehead atoms. The number of nitrogens with zero attached hydrogens (tertiary/aromatic N) is 2. The van der Waals surface area contributed by atoms with Gasteiger partial charge >= 0.3 is 0 Å². The highest BCUT2D eigenvalue weighted by atomic mass is 16.5. The summed E-state index contributed by atoms with van der Waals surface area (Å²) in [4.78, 5) is 3.70. The van der Waals surface area contributed by atoms with Crippen molar-refractivity contribution in [3.05, 3.63) is 11.7 Å². The van der Waals surface area contributed by atoms with Crippen LogP contribution in [0.15, 0.2) is 4.52 Å². The minimum atomic E-state index is -0.295. The van der Waals surface area contributed by atoms with E-state index in [2.05, 4.69) is 19.4 Å². The SMILES string of the molecule is Cc1nc(C(=N)OC=N)no1. The van der Waals surface area contributed by atoms with Gasteiger partial charge in [0.25, 0.3) is 11.7 Å². The highest BCUT2D eigenvalue weighted by Gasteiger charge is 2.08. The summed E-state index contributed by atoms with van der Waals surface area (Å²) >= 11 is 0. The zero-order valence-electron chi connectivity index (χ0n) is 5.79. The summed E-state index contributed by atoms with van der Waals surface area (Å²) in [6.45, 7) is 1.61. The van der Waals surface area contributed by atoms with Gasteiger partial charge in [-0.05, 0) is 0 Å². The second-order valence-corrected chi connectivity index (χ2v) is 1.70. The average molecular weight is 154 g/mol. The van der Waals surface area contributed by atoms with Gasteiger partial charge in [0.2, 0.25) is 5.89 Å². The third-order valence-electron chi connectivity index (χ3n) is 0.907. The summed E-state index contributed by atoms with van der Waals surface area (Å²) in [6, 6.07) is 0. The molecule has 0 saturated heterocycles. The zero-order chi connectivity index (χ0) is 8.27. The van der Waals surface area contributed by atoms with E-state index in [0.717, 1.165) is 0 Å². The number of hydrogen-bond donors (Lipinski definition) is 2. The Kier molecular flexibility index (Phi) is 1.95. The van der Waals surface area contributed by atoms with Crippen LogP contribution >= 0.6 is 0 Å². The van der Waals surface area contributed by atoms with Crippen LogP contribution in [0.5, 0.6) is 0 Å². The lowest BCUT2D eigenvalue weighted by atomic mass is 10.6. The molecule has 0 aliphatic rings. The van der Waals surface area contributed by atoms with Crippen LogP contribution in [0.2, 0.25) is 0 Å². The quantitative estimate of drug-likeness (QED) is 0.473. The highest BCUT2D eigenvalue weighted by molar-refractivity contribution is 5.91. The maximum absolute atomic E-state index is 7.08.